The Morgan fingerprint density at radius 1 is 1.09 bits per heavy atom. The molecule has 5 rings (SSSR count). The molecular formula is C25H28N6O2S. The highest BCUT2D eigenvalue weighted by Gasteiger charge is 2.12. The number of nitrogens with one attached hydrogen (secondary N) is 1. The molecule has 176 valence electrons. The van der Waals surface area contributed by atoms with Gasteiger partial charge in [-0.2, -0.15) is 4.98 Å². The number of ether oxygens (including phenoxy) is 1. The molecule has 0 aliphatic carbocycles. The molecule has 9 heteroatoms. The number of hydrogen-bond acceptors (Lipinski definition) is 7. The zero-order chi connectivity index (χ0) is 23.3. The molecule has 1 saturated heterocycles. The van der Waals surface area contributed by atoms with E-state index < -0.39 is 0 Å². The van der Waals surface area contributed by atoms with Crippen LogP contribution in [0.25, 0.3) is 16.8 Å². The average Bonchev–Trinajstić information content (AvgIpc) is 3.50. The molecule has 4 aromatic rings. The van der Waals surface area contributed by atoms with Gasteiger partial charge in [0, 0.05) is 24.8 Å². The van der Waals surface area contributed by atoms with Crippen molar-refractivity contribution >= 4 is 28.8 Å². The van der Waals surface area contributed by atoms with Gasteiger partial charge in [0.1, 0.15) is 12.4 Å². The van der Waals surface area contributed by atoms with Gasteiger partial charge in [0.2, 0.25) is 5.95 Å². The quantitative estimate of drug-likeness (QED) is 0.401. The second kappa shape index (κ2) is 10.2. The first kappa shape index (κ1) is 22.4. The maximum absolute atomic E-state index is 12.7. The maximum atomic E-state index is 12.7. The number of anilines is 1. The molecule has 1 fully saturated rings. The van der Waals surface area contributed by atoms with Gasteiger partial charge >= 0.3 is 0 Å². The Bertz CT molecular complexity index is 1260. The molecular weight excluding hydrogens is 448 g/mol. The number of aromatic nitrogens is 3. The molecule has 3 aromatic heterocycles. The van der Waals surface area contributed by atoms with Crippen LogP contribution in [0, 0.1) is 0 Å². The van der Waals surface area contributed by atoms with Crippen molar-refractivity contribution in [2.45, 2.75) is 25.8 Å². The van der Waals surface area contributed by atoms with Crippen LogP contribution in [0.1, 0.15) is 34.5 Å². The first-order valence-electron chi connectivity index (χ1n) is 11.6. The molecule has 34 heavy (non-hydrogen) atoms. The highest BCUT2D eigenvalue weighted by Crippen LogP contribution is 2.26. The molecule has 0 atom stereocenters. The van der Waals surface area contributed by atoms with Gasteiger partial charge in [-0.15, -0.1) is 16.4 Å². The maximum Gasteiger partial charge on any atom is 0.261 e. The highest BCUT2D eigenvalue weighted by atomic mass is 32.1. The summed E-state index contributed by atoms with van der Waals surface area (Å²) in [6.45, 7) is 4.50. The summed E-state index contributed by atoms with van der Waals surface area (Å²) < 4.78 is 7.53. The number of thiophene rings is 1. The number of likely N-dealkylation sites (tertiary alicyclic amines) is 1. The third kappa shape index (κ3) is 5.37. The van der Waals surface area contributed by atoms with E-state index in [-0.39, 0.29) is 11.9 Å². The van der Waals surface area contributed by atoms with E-state index in [1.165, 1.54) is 43.7 Å². The number of fused-ring (bicyclic) bond motifs is 1. The number of piperidine rings is 1. The molecule has 8 nitrogen and oxygen atoms in total. The predicted octanol–water partition coefficient (Wildman–Crippen LogP) is 3.83. The van der Waals surface area contributed by atoms with Crippen molar-refractivity contribution in [1.29, 1.82) is 0 Å². The van der Waals surface area contributed by atoms with Gasteiger partial charge in [0.25, 0.3) is 5.91 Å². The Labute approximate surface area is 202 Å². The van der Waals surface area contributed by atoms with E-state index in [0.29, 0.717) is 23.7 Å². The summed E-state index contributed by atoms with van der Waals surface area (Å²) in [6.07, 6.45) is 5.79. The van der Waals surface area contributed by atoms with Crippen molar-refractivity contribution in [3.05, 3.63) is 64.5 Å². The third-order valence-corrected chi connectivity index (χ3v) is 6.93. The molecule has 1 aliphatic rings. The summed E-state index contributed by atoms with van der Waals surface area (Å²) in [4.78, 5) is 19.9. The Kier molecular flexibility index (Phi) is 6.73. The second-order valence-electron chi connectivity index (χ2n) is 8.47. The first-order valence-corrected chi connectivity index (χ1v) is 12.5. The van der Waals surface area contributed by atoms with Crippen LogP contribution in [0.15, 0.2) is 54.0 Å². The Morgan fingerprint density at radius 2 is 1.91 bits per heavy atom. The predicted molar refractivity (Wildman–Crippen MR) is 134 cm³/mol. The van der Waals surface area contributed by atoms with Crippen molar-refractivity contribution in [2.24, 2.45) is 0 Å². The fraction of sp³-hybridized carbons (Fsp3) is 0.320. The molecule has 0 unspecified atom stereocenters. The van der Waals surface area contributed by atoms with E-state index in [4.69, 9.17) is 10.5 Å². The normalized spacial score (nSPS) is 14.4. The number of amides is 1. The molecule has 0 radical (unpaired) electrons. The minimum absolute atomic E-state index is 0.0933. The lowest BCUT2D eigenvalue weighted by atomic mass is 10.1. The van der Waals surface area contributed by atoms with Crippen LogP contribution < -0.4 is 15.8 Å². The highest BCUT2D eigenvalue weighted by molar-refractivity contribution is 7.12. The topological polar surface area (TPSA) is 97.8 Å². The zero-order valence-corrected chi connectivity index (χ0v) is 19.8. The molecule has 1 amide bonds. The van der Waals surface area contributed by atoms with Gasteiger partial charge < -0.3 is 15.8 Å². The fourth-order valence-electron chi connectivity index (χ4n) is 4.13. The molecule has 4 heterocycles. The molecule has 3 N–H and O–H groups in total. The van der Waals surface area contributed by atoms with Crippen LogP contribution in [0.4, 0.5) is 5.95 Å². The smallest absolute Gasteiger partial charge is 0.261 e. The molecule has 0 bridgehead atoms. The lowest BCUT2D eigenvalue weighted by molar-refractivity contribution is 0.0955. The van der Waals surface area contributed by atoms with Gasteiger partial charge in [0.15, 0.2) is 5.65 Å². The number of rotatable bonds is 8. The number of carbonyl (C=O) groups excluding carboxylic acids is 1. The summed E-state index contributed by atoms with van der Waals surface area (Å²) in [7, 11) is 0. The van der Waals surface area contributed by atoms with Crippen LogP contribution in [-0.2, 0) is 6.54 Å². The SMILES string of the molecule is Nc1nc2ccc(-c3csc(C(=O)NCc4ccc(OCCN5CCCCC5)cc4)c3)cn2n1. The van der Waals surface area contributed by atoms with E-state index >= 15 is 0 Å². The minimum atomic E-state index is -0.0933. The number of pyridine rings is 1. The van der Waals surface area contributed by atoms with Crippen molar-refractivity contribution < 1.29 is 9.53 Å². The van der Waals surface area contributed by atoms with Gasteiger partial charge in [-0.3, -0.25) is 9.69 Å². The van der Waals surface area contributed by atoms with E-state index in [9.17, 15) is 4.79 Å². The van der Waals surface area contributed by atoms with Crippen LogP contribution in [0.2, 0.25) is 0 Å². The fourth-order valence-corrected chi connectivity index (χ4v) is 4.96. The Morgan fingerprint density at radius 3 is 2.74 bits per heavy atom. The summed E-state index contributed by atoms with van der Waals surface area (Å²) in [6, 6.07) is 13.6. The van der Waals surface area contributed by atoms with E-state index in [2.05, 4.69) is 20.3 Å². The van der Waals surface area contributed by atoms with Crippen LogP contribution >= 0.6 is 11.3 Å². The lowest BCUT2D eigenvalue weighted by Crippen LogP contribution is -2.33. The Balaban J connectivity index is 1.12. The van der Waals surface area contributed by atoms with Crippen molar-refractivity contribution in [3.63, 3.8) is 0 Å². The summed E-state index contributed by atoms with van der Waals surface area (Å²) in [5.41, 5.74) is 9.28. The monoisotopic (exact) mass is 476 g/mol. The largest absolute Gasteiger partial charge is 0.492 e. The summed E-state index contributed by atoms with van der Waals surface area (Å²) in [5, 5.41) is 9.11. The second-order valence-corrected chi connectivity index (χ2v) is 9.38. The number of hydrogen-bond donors (Lipinski definition) is 2. The van der Waals surface area contributed by atoms with Crippen LogP contribution in [0.3, 0.4) is 0 Å². The average molecular weight is 477 g/mol. The van der Waals surface area contributed by atoms with E-state index in [1.807, 2.05) is 54.0 Å². The molecule has 0 spiro atoms. The number of nitrogen functional groups attached to an aromatic ring is 1. The van der Waals surface area contributed by atoms with Crippen LogP contribution in [-0.4, -0.2) is 51.6 Å². The van der Waals surface area contributed by atoms with E-state index in [1.54, 1.807) is 4.52 Å². The van der Waals surface area contributed by atoms with Crippen molar-refractivity contribution in [1.82, 2.24) is 24.8 Å². The standard InChI is InChI=1S/C25H28N6O2S/c26-25-28-23-9-6-19(16-31(23)29-25)20-14-22(34-17-20)24(32)27-15-18-4-7-21(8-5-18)33-13-12-30-10-2-1-3-11-30/h4-9,14,16-17H,1-3,10-13,15H2,(H2,26,29)(H,27,32). The molecule has 0 saturated carbocycles. The summed E-state index contributed by atoms with van der Waals surface area (Å²) >= 11 is 1.42. The van der Waals surface area contributed by atoms with Gasteiger partial charge in [0.05, 0.1) is 4.88 Å². The van der Waals surface area contributed by atoms with Crippen molar-refractivity contribution in [2.75, 3.05) is 32.0 Å². The van der Waals surface area contributed by atoms with Crippen LogP contribution in [0.5, 0.6) is 5.75 Å². The van der Waals surface area contributed by atoms with Crippen molar-refractivity contribution in [3.8, 4) is 16.9 Å². The zero-order valence-electron chi connectivity index (χ0n) is 18.9. The molecule has 1 aliphatic heterocycles. The first-order chi connectivity index (χ1) is 16.6. The number of carbonyl (C=O) groups is 1. The van der Waals surface area contributed by atoms with Gasteiger partial charge in [-0.1, -0.05) is 18.6 Å². The van der Waals surface area contributed by atoms with Gasteiger partial charge in [-0.05, 0) is 72.8 Å². The molecule has 1 aromatic carbocycles. The number of benzene rings is 1. The minimum Gasteiger partial charge on any atom is -0.492 e. The summed E-state index contributed by atoms with van der Waals surface area (Å²) in [5.74, 6) is 1.00. The third-order valence-electron chi connectivity index (χ3n) is 6.01. The Hall–Kier alpha value is -3.43. The lowest BCUT2D eigenvalue weighted by Gasteiger charge is -2.26. The number of nitrogens with two attached hydrogens (primary N) is 1. The number of nitrogens with zero attached hydrogens (tertiary/aromatic N) is 4. The van der Waals surface area contributed by atoms with E-state index in [0.717, 1.165) is 29.0 Å². The van der Waals surface area contributed by atoms with Gasteiger partial charge in [-0.25, -0.2) is 4.52 Å².